The van der Waals surface area contributed by atoms with Crippen molar-refractivity contribution in [3.63, 3.8) is 0 Å². The van der Waals surface area contributed by atoms with E-state index in [1.54, 1.807) is 23.9 Å². The summed E-state index contributed by atoms with van der Waals surface area (Å²) < 4.78 is 2.77. The van der Waals surface area contributed by atoms with Crippen LogP contribution >= 0.6 is 24.0 Å². The number of non-ortho nitro benzene ring substituents is 1. The zero-order valence-electron chi connectivity index (χ0n) is 10.9. The minimum Gasteiger partial charge on any atom is -0.366 e. The van der Waals surface area contributed by atoms with Gasteiger partial charge in [-0.1, -0.05) is 24.0 Å². The van der Waals surface area contributed by atoms with E-state index in [0.29, 0.717) is 0 Å². The summed E-state index contributed by atoms with van der Waals surface area (Å²) in [7, 11) is 0. The Balaban J connectivity index is 1.91. The van der Waals surface area contributed by atoms with E-state index in [2.05, 4.69) is 11.4 Å². The van der Waals surface area contributed by atoms with Gasteiger partial charge in [-0.3, -0.25) is 10.1 Å². The van der Waals surface area contributed by atoms with Gasteiger partial charge in [-0.2, -0.15) is 0 Å². The van der Waals surface area contributed by atoms with Crippen LogP contribution in [0.25, 0.3) is 11.8 Å². The molecule has 1 N–H and O–H groups in total. The highest BCUT2D eigenvalue weighted by Crippen LogP contribution is 2.26. The Hall–Kier alpha value is -2.12. The number of nitrogens with zero attached hydrogens (tertiary/aromatic N) is 2. The van der Waals surface area contributed by atoms with Crippen molar-refractivity contribution in [2.75, 3.05) is 6.54 Å². The Bertz CT molecular complexity index is 735. The highest BCUT2D eigenvalue weighted by Gasteiger charge is 2.13. The number of rotatable bonds is 3. The van der Waals surface area contributed by atoms with Gasteiger partial charge in [0.25, 0.3) is 5.69 Å². The molecule has 0 bridgehead atoms. The van der Waals surface area contributed by atoms with Crippen LogP contribution in [-0.4, -0.2) is 20.4 Å². The Kier molecular flexibility index (Phi) is 3.76. The van der Waals surface area contributed by atoms with Gasteiger partial charge in [-0.15, -0.1) is 0 Å². The van der Waals surface area contributed by atoms with Gasteiger partial charge in [0.05, 0.1) is 4.92 Å². The van der Waals surface area contributed by atoms with Crippen LogP contribution in [0.5, 0.6) is 0 Å². The van der Waals surface area contributed by atoms with Gasteiger partial charge in [-0.05, 0) is 30.3 Å². The number of hydrogen-bond acceptors (Lipinski definition) is 4. The second kappa shape index (κ2) is 5.71. The standard InChI is InChI=1S/C14H11N3O2S2/c18-17(19)11-5-3-10(4-6-11)16-7-1-2-12(16)8-13-9-15-14(20)21-13/h1-8H,9H2,(H,15,20). The van der Waals surface area contributed by atoms with Crippen molar-refractivity contribution in [3.8, 4) is 5.69 Å². The number of nitro benzene ring substituents is 1. The molecule has 0 radical (unpaired) electrons. The smallest absolute Gasteiger partial charge is 0.269 e. The molecule has 21 heavy (non-hydrogen) atoms. The quantitative estimate of drug-likeness (QED) is 0.534. The van der Waals surface area contributed by atoms with Gasteiger partial charge >= 0.3 is 0 Å². The lowest BCUT2D eigenvalue weighted by molar-refractivity contribution is -0.384. The van der Waals surface area contributed by atoms with E-state index in [1.807, 2.05) is 22.9 Å². The number of aromatic nitrogens is 1. The van der Waals surface area contributed by atoms with Gasteiger partial charge in [0.1, 0.15) is 4.32 Å². The van der Waals surface area contributed by atoms with Gasteiger partial charge in [0.15, 0.2) is 0 Å². The van der Waals surface area contributed by atoms with Gasteiger partial charge < -0.3 is 9.88 Å². The van der Waals surface area contributed by atoms with E-state index in [0.717, 1.165) is 27.2 Å². The summed E-state index contributed by atoms with van der Waals surface area (Å²) in [6.07, 6.45) is 4.00. The first-order valence-electron chi connectivity index (χ1n) is 6.22. The fourth-order valence-electron chi connectivity index (χ4n) is 2.08. The average molecular weight is 317 g/mol. The molecule has 0 saturated carbocycles. The Morgan fingerprint density at radius 1 is 1.33 bits per heavy atom. The van der Waals surface area contributed by atoms with E-state index in [-0.39, 0.29) is 5.69 Å². The fraction of sp³-hybridized carbons (Fsp3) is 0.0714. The lowest BCUT2D eigenvalue weighted by atomic mass is 10.2. The number of benzene rings is 1. The molecule has 2 heterocycles. The van der Waals surface area contributed by atoms with Crippen LogP contribution < -0.4 is 5.32 Å². The minimum absolute atomic E-state index is 0.0895. The molecule has 0 unspecified atom stereocenters. The van der Waals surface area contributed by atoms with Crippen LogP contribution in [0.4, 0.5) is 5.69 Å². The average Bonchev–Trinajstić information content (AvgIpc) is 3.09. The Labute approximate surface area is 130 Å². The summed E-state index contributed by atoms with van der Waals surface area (Å²) in [5.74, 6) is 0. The summed E-state index contributed by atoms with van der Waals surface area (Å²) in [6, 6.07) is 10.4. The van der Waals surface area contributed by atoms with Crippen molar-refractivity contribution in [1.82, 2.24) is 9.88 Å². The Morgan fingerprint density at radius 3 is 2.71 bits per heavy atom. The molecule has 0 atom stereocenters. The third kappa shape index (κ3) is 2.98. The molecule has 1 aliphatic heterocycles. The molecule has 2 aromatic rings. The molecule has 1 aliphatic rings. The van der Waals surface area contributed by atoms with Crippen LogP contribution in [0.3, 0.4) is 0 Å². The highest BCUT2D eigenvalue weighted by atomic mass is 32.2. The summed E-state index contributed by atoms with van der Waals surface area (Å²) in [5, 5.41) is 13.8. The highest BCUT2D eigenvalue weighted by molar-refractivity contribution is 8.26. The molecule has 106 valence electrons. The summed E-state index contributed by atoms with van der Waals surface area (Å²) in [6.45, 7) is 0.745. The van der Waals surface area contributed by atoms with Crippen molar-refractivity contribution in [3.05, 3.63) is 63.3 Å². The van der Waals surface area contributed by atoms with Crippen LogP contribution in [0.15, 0.2) is 47.5 Å². The maximum Gasteiger partial charge on any atom is 0.269 e. The molecule has 0 amide bonds. The van der Waals surface area contributed by atoms with Crippen molar-refractivity contribution in [2.24, 2.45) is 0 Å². The zero-order chi connectivity index (χ0) is 14.8. The second-order valence-electron chi connectivity index (χ2n) is 4.43. The minimum atomic E-state index is -0.399. The van der Waals surface area contributed by atoms with Crippen LogP contribution in [0, 0.1) is 10.1 Å². The SMILES string of the molecule is O=[N+]([O-])c1ccc(-n2cccc2C=C2CNC(=S)S2)cc1. The summed E-state index contributed by atoms with van der Waals surface area (Å²) in [5.41, 5.74) is 1.99. The topological polar surface area (TPSA) is 60.1 Å². The maximum atomic E-state index is 10.7. The lowest BCUT2D eigenvalue weighted by Crippen LogP contribution is -2.09. The molecule has 1 fully saturated rings. The van der Waals surface area contributed by atoms with Crippen LogP contribution in [-0.2, 0) is 0 Å². The number of nitro groups is 1. The first-order chi connectivity index (χ1) is 10.1. The van der Waals surface area contributed by atoms with Crippen molar-refractivity contribution in [2.45, 2.75) is 0 Å². The van der Waals surface area contributed by atoms with E-state index in [1.165, 1.54) is 12.1 Å². The monoisotopic (exact) mass is 317 g/mol. The normalized spacial score (nSPS) is 16.2. The fourth-order valence-corrected chi connectivity index (χ4v) is 3.18. The molecule has 0 aliphatic carbocycles. The summed E-state index contributed by atoms with van der Waals surface area (Å²) >= 11 is 6.65. The third-order valence-electron chi connectivity index (χ3n) is 3.06. The summed E-state index contributed by atoms with van der Waals surface area (Å²) in [4.78, 5) is 11.4. The van der Waals surface area contributed by atoms with Crippen LogP contribution in [0.2, 0.25) is 0 Å². The van der Waals surface area contributed by atoms with Crippen molar-refractivity contribution in [1.29, 1.82) is 0 Å². The number of thiocarbonyl (C=S) groups is 1. The largest absolute Gasteiger partial charge is 0.366 e. The van der Waals surface area contributed by atoms with Crippen molar-refractivity contribution < 1.29 is 4.92 Å². The first-order valence-corrected chi connectivity index (χ1v) is 7.44. The van der Waals surface area contributed by atoms with E-state index in [4.69, 9.17) is 12.2 Å². The van der Waals surface area contributed by atoms with E-state index >= 15 is 0 Å². The molecule has 1 saturated heterocycles. The molecule has 0 spiro atoms. The van der Waals surface area contributed by atoms with Gasteiger partial charge in [-0.25, -0.2) is 0 Å². The number of thioether (sulfide) groups is 1. The molecule has 1 aromatic heterocycles. The van der Waals surface area contributed by atoms with Gasteiger partial charge in [0, 0.05) is 41.2 Å². The molecule has 1 aromatic carbocycles. The van der Waals surface area contributed by atoms with E-state index < -0.39 is 4.92 Å². The number of nitrogens with one attached hydrogen (secondary N) is 1. The Morgan fingerprint density at radius 2 is 2.10 bits per heavy atom. The molecular weight excluding hydrogens is 306 g/mol. The van der Waals surface area contributed by atoms with Crippen LogP contribution in [0.1, 0.15) is 5.69 Å². The molecule has 3 rings (SSSR count). The first kappa shape index (κ1) is 13.8. The molecule has 5 nitrogen and oxygen atoms in total. The second-order valence-corrected chi connectivity index (χ2v) is 6.23. The maximum absolute atomic E-state index is 10.7. The van der Waals surface area contributed by atoms with Crippen molar-refractivity contribution >= 4 is 40.1 Å². The molecule has 7 heteroatoms. The van der Waals surface area contributed by atoms with Gasteiger partial charge in [0.2, 0.25) is 0 Å². The number of hydrogen-bond donors (Lipinski definition) is 1. The third-order valence-corrected chi connectivity index (χ3v) is 4.31. The zero-order valence-corrected chi connectivity index (χ0v) is 12.5. The lowest BCUT2D eigenvalue weighted by Gasteiger charge is -2.06. The predicted octanol–water partition coefficient (Wildman–Crippen LogP) is 3.35. The predicted molar refractivity (Wildman–Crippen MR) is 88.6 cm³/mol. The van der Waals surface area contributed by atoms with E-state index in [9.17, 15) is 10.1 Å². The molecular formula is C14H11N3O2S2.